The van der Waals surface area contributed by atoms with Crippen molar-refractivity contribution in [1.82, 2.24) is 0 Å². The third-order valence-corrected chi connectivity index (χ3v) is 1.06. The van der Waals surface area contributed by atoms with Gasteiger partial charge in [0.25, 0.3) is 0 Å². The molecule has 1 aliphatic rings. The summed E-state index contributed by atoms with van der Waals surface area (Å²) in [7, 11) is 1.66. The molecule has 1 saturated heterocycles. The van der Waals surface area contributed by atoms with Crippen molar-refractivity contribution >= 4 is 11.7 Å². The van der Waals surface area contributed by atoms with Gasteiger partial charge in [0.1, 0.15) is 6.61 Å². The van der Waals surface area contributed by atoms with E-state index in [2.05, 4.69) is 9.73 Å². The third kappa shape index (κ3) is 0.857. The molecule has 1 heterocycles. The first kappa shape index (κ1) is 5.28. The van der Waals surface area contributed by atoms with Gasteiger partial charge in [-0.1, -0.05) is 0 Å². The molecule has 1 fully saturated rings. The second-order valence-electron chi connectivity index (χ2n) is 1.63. The van der Waals surface area contributed by atoms with Gasteiger partial charge in [0.15, 0.2) is 0 Å². The highest BCUT2D eigenvalue weighted by Gasteiger charge is 2.16. The zero-order valence-electron chi connectivity index (χ0n) is 4.68. The fourth-order valence-corrected chi connectivity index (χ4v) is 0.576. The van der Waals surface area contributed by atoms with Gasteiger partial charge in [-0.2, -0.15) is 0 Å². The largest absolute Gasteiger partial charge is 0.459 e. The Morgan fingerprint density at radius 3 is 2.75 bits per heavy atom. The SMILES string of the molecule is CN=C1COC(=O)C1. The molecule has 0 bridgehead atoms. The van der Waals surface area contributed by atoms with Gasteiger partial charge in [0, 0.05) is 7.05 Å². The summed E-state index contributed by atoms with van der Waals surface area (Å²) in [5.74, 6) is -0.161. The fraction of sp³-hybridized carbons (Fsp3) is 0.600. The number of ether oxygens (including phenoxy) is 1. The molecule has 0 amide bonds. The maximum atomic E-state index is 10.3. The first-order chi connectivity index (χ1) is 3.83. The number of rotatable bonds is 0. The molecule has 0 spiro atoms. The zero-order valence-corrected chi connectivity index (χ0v) is 4.68. The van der Waals surface area contributed by atoms with Crippen molar-refractivity contribution in [3.05, 3.63) is 0 Å². The van der Waals surface area contributed by atoms with Crippen LogP contribution in [-0.2, 0) is 9.53 Å². The second kappa shape index (κ2) is 1.94. The normalized spacial score (nSPS) is 24.1. The standard InChI is InChI=1S/C5H7NO2/c1-6-4-2-5(7)8-3-4/h2-3H2,1H3. The predicted octanol–water partition coefficient (Wildman–Crippen LogP) is 0.00410. The van der Waals surface area contributed by atoms with E-state index in [0.717, 1.165) is 5.71 Å². The Labute approximate surface area is 47.4 Å². The Morgan fingerprint density at radius 1 is 1.75 bits per heavy atom. The monoisotopic (exact) mass is 113 g/mol. The minimum Gasteiger partial charge on any atom is -0.459 e. The van der Waals surface area contributed by atoms with Crippen LogP contribution < -0.4 is 0 Å². The van der Waals surface area contributed by atoms with Crippen LogP contribution in [0.2, 0.25) is 0 Å². The molecule has 8 heavy (non-hydrogen) atoms. The average molecular weight is 113 g/mol. The van der Waals surface area contributed by atoms with Crippen molar-refractivity contribution in [2.75, 3.05) is 13.7 Å². The van der Waals surface area contributed by atoms with E-state index in [1.54, 1.807) is 7.05 Å². The molecule has 3 heteroatoms. The van der Waals surface area contributed by atoms with Crippen LogP contribution in [-0.4, -0.2) is 25.3 Å². The summed E-state index contributed by atoms with van der Waals surface area (Å²) in [6.07, 6.45) is 0.385. The Kier molecular flexibility index (Phi) is 1.28. The Bertz CT molecular complexity index is 139. The minimum atomic E-state index is -0.161. The molecule has 1 rings (SSSR count). The summed E-state index contributed by atoms with van der Waals surface area (Å²) in [5, 5.41) is 0. The van der Waals surface area contributed by atoms with Crippen LogP contribution in [0.3, 0.4) is 0 Å². The van der Waals surface area contributed by atoms with Crippen LogP contribution in [0, 0.1) is 0 Å². The summed E-state index contributed by atoms with van der Waals surface area (Å²) in [6.45, 7) is 0.398. The number of hydrogen-bond donors (Lipinski definition) is 0. The van der Waals surface area contributed by atoms with Crippen molar-refractivity contribution in [3.8, 4) is 0 Å². The third-order valence-electron chi connectivity index (χ3n) is 1.06. The molecule has 44 valence electrons. The number of esters is 1. The van der Waals surface area contributed by atoms with Gasteiger partial charge in [-0.05, 0) is 0 Å². The van der Waals surface area contributed by atoms with Crippen LogP contribution in [0.1, 0.15) is 6.42 Å². The number of cyclic esters (lactones) is 1. The highest BCUT2D eigenvalue weighted by atomic mass is 16.5. The van der Waals surface area contributed by atoms with E-state index < -0.39 is 0 Å². The molecule has 0 aromatic rings. The summed E-state index contributed by atoms with van der Waals surface area (Å²) < 4.78 is 4.59. The highest BCUT2D eigenvalue weighted by Crippen LogP contribution is 2.00. The molecule has 0 aromatic heterocycles. The highest BCUT2D eigenvalue weighted by molar-refractivity contribution is 6.04. The van der Waals surface area contributed by atoms with Crippen molar-refractivity contribution in [3.63, 3.8) is 0 Å². The molecule has 0 saturated carbocycles. The molecular formula is C5H7NO2. The number of aliphatic imine (C=N–C) groups is 1. The summed E-state index contributed by atoms with van der Waals surface area (Å²) in [5.41, 5.74) is 0.843. The van der Waals surface area contributed by atoms with Gasteiger partial charge in [-0.15, -0.1) is 0 Å². The molecule has 0 N–H and O–H groups in total. The quantitative estimate of drug-likeness (QED) is 0.415. The average Bonchev–Trinajstić information content (AvgIpc) is 2.14. The first-order valence-electron chi connectivity index (χ1n) is 2.43. The molecule has 0 unspecified atom stereocenters. The predicted molar refractivity (Wildman–Crippen MR) is 28.9 cm³/mol. The van der Waals surface area contributed by atoms with E-state index in [4.69, 9.17) is 0 Å². The van der Waals surface area contributed by atoms with Gasteiger partial charge < -0.3 is 4.74 Å². The van der Waals surface area contributed by atoms with Gasteiger partial charge in [0.2, 0.25) is 0 Å². The van der Waals surface area contributed by atoms with Crippen molar-refractivity contribution in [2.45, 2.75) is 6.42 Å². The Hall–Kier alpha value is -0.860. The van der Waals surface area contributed by atoms with E-state index in [1.165, 1.54) is 0 Å². The van der Waals surface area contributed by atoms with E-state index in [1.807, 2.05) is 0 Å². The van der Waals surface area contributed by atoms with Gasteiger partial charge in [-0.3, -0.25) is 9.79 Å². The Morgan fingerprint density at radius 2 is 2.50 bits per heavy atom. The number of carbonyl (C=O) groups is 1. The van der Waals surface area contributed by atoms with Gasteiger partial charge >= 0.3 is 5.97 Å². The lowest BCUT2D eigenvalue weighted by Gasteiger charge is -1.83. The summed E-state index contributed by atoms with van der Waals surface area (Å²) in [4.78, 5) is 14.1. The molecule has 3 nitrogen and oxygen atoms in total. The topological polar surface area (TPSA) is 38.7 Å². The number of nitrogens with zero attached hydrogens (tertiary/aromatic N) is 1. The molecule has 1 aliphatic heterocycles. The maximum absolute atomic E-state index is 10.3. The molecule has 0 radical (unpaired) electrons. The minimum absolute atomic E-state index is 0.161. The number of hydrogen-bond acceptors (Lipinski definition) is 3. The summed E-state index contributed by atoms with van der Waals surface area (Å²) in [6, 6.07) is 0. The van der Waals surface area contributed by atoms with Crippen molar-refractivity contribution in [1.29, 1.82) is 0 Å². The van der Waals surface area contributed by atoms with Crippen LogP contribution in [0.5, 0.6) is 0 Å². The molecule has 0 aliphatic carbocycles. The maximum Gasteiger partial charge on any atom is 0.312 e. The molecular weight excluding hydrogens is 106 g/mol. The van der Waals surface area contributed by atoms with Crippen LogP contribution in [0.25, 0.3) is 0 Å². The van der Waals surface area contributed by atoms with Crippen LogP contribution in [0.15, 0.2) is 4.99 Å². The van der Waals surface area contributed by atoms with Crippen LogP contribution >= 0.6 is 0 Å². The fourth-order valence-electron chi connectivity index (χ4n) is 0.576. The van der Waals surface area contributed by atoms with Crippen LogP contribution in [0.4, 0.5) is 0 Å². The lowest BCUT2D eigenvalue weighted by molar-refractivity contribution is -0.137. The smallest absolute Gasteiger partial charge is 0.312 e. The van der Waals surface area contributed by atoms with E-state index in [9.17, 15) is 4.79 Å². The van der Waals surface area contributed by atoms with E-state index >= 15 is 0 Å². The zero-order chi connectivity index (χ0) is 5.98. The second-order valence-corrected chi connectivity index (χ2v) is 1.63. The first-order valence-corrected chi connectivity index (χ1v) is 2.43. The van der Waals surface area contributed by atoms with Crippen molar-refractivity contribution in [2.24, 2.45) is 4.99 Å². The van der Waals surface area contributed by atoms with E-state index in [-0.39, 0.29) is 5.97 Å². The van der Waals surface area contributed by atoms with Crippen molar-refractivity contribution < 1.29 is 9.53 Å². The molecule has 0 aromatic carbocycles. The number of carbonyl (C=O) groups excluding carboxylic acids is 1. The van der Waals surface area contributed by atoms with Gasteiger partial charge in [-0.25, -0.2) is 0 Å². The molecule has 0 atom stereocenters. The van der Waals surface area contributed by atoms with Gasteiger partial charge in [0.05, 0.1) is 12.1 Å². The lowest BCUT2D eigenvalue weighted by Crippen LogP contribution is -1.93. The summed E-state index contributed by atoms with van der Waals surface area (Å²) >= 11 is 0. The van der Waals surface area contributed by atoms with E-state index in [0.29, 0.717) is 13.0 Å². The Balaban J connectivity index is 2.56. The lowest BCUT2D eigenvalue weighted by atomic mass is 10.3.